The molecule has 3 aromatic rings. The number of nitrogens with zero attached hydrogens (tertiary/aromatic N) is 1. The molecule has 1 aliphatic rings. The minimum atomic E-state index is -0.0777. The van der Waals surface area contributed by atoms with Crippen molar-refractivity contribution in [3.05, 3.63) is 101 Å². The van der Waals surface area contributed by atoms with Crippen LogP contribution in [0.2, 0.25) is 0 Å². The summed E-state index contributed by atoms with van der Waals surface area (Å²) in [6, 6.07) is 23.3. The summed E-state index contributed by atoms with van der Waals surface area (Å²) in [5.74, 6) is 0.714. The number of carbonyl (C=O) groups is 2. The summed E-state index contributed by atoms with van der Waals surface area (Å²) in [5.41, 5.74) is 4.63. The van der Waals surface area contributed by atoms with Gasteiger partial charge in [0.1, 0.15) is 12.4 Å². The number of benzene rings is 3. The van der Waals surface area contributed by atoms with E-state index >= 15 is 0 Å². The molecule has 4 nitrogen and oxygen atoms in total. The lowest BCUT2D eigenvalue weighted by molar-refractivity contribution is -0.114. The van der Waals surface area contributed by atoms with E-state index < -0.39 is 0 Å². The molecule has 3 aromatic carbocycles. The van der Waals surface area contributed by atoms with Crippen molar-refractivity contribution in [3.8, 4) is 5.75 Å². The summed E-state index contributed by atoms with van der Waals surface area (Å²) >= 11 is 0. The Hall–Kier alpha value is -3.66. The van der Waals surface area contributed by atoms with Crippen molar-refractivity contribution in [2.45, 2.75) is 26.4 Å². The van der Waals surface area contributed by atoms with Crippen molar-refractivity contribution in [1.82, 2.24) is 0 Å². The summed E-state index contributed by atoms with van der Waals surface area (Å²) in [5, 5.41) is 0. The molecule has 0 atom stereocenters. The Balaban J connectivity index is 1.42. The van der Waals surface area contributed by atoms with Crippen LogP contribution in [-0.4, -0.2) is 18.2 Å². The maximum atomic E-state index is 12.9. The summed E-state index contributed by atoms with van der Waals surface area (Å²) in [6.07, 6.45) is 5.24. The van der Waals surface area contributed by atoms with E-state index in [1.165, 1.54) is 0 Å². The fourth-order valence-electron chi connectivity index (χ4n) is 3.70. The van der Waals surface area contributed by atoms with Crippen LogP contribution >= 0.6 is 0 Å². The lowest BCUT2D eigenvalue weighted by atomic mass is 9.98. The number of ether oxygens (including phenoxy) is 1. The van der Waals surface area contributed by atoms with Crippen molar-refractivity contribution < 1.29 is 14.3 Å². The molecule has 156 valence electrons. The monoisotopic (exact) mass is 411 g/mol. The largest absolute Gasteiger partial charge is 0.489 e. The third kappa shape index (κ3) is 5.10. The number of aryl methyl sites for hydroxylation is 1. The Labute approximate surface area is 182 Å². The molecule has 4 rings (SSSR count). The van der Waals surface area contributed by atoms with Crippen LogP contribution in [0.5, 0.6) is 5.75 Å². The van der Waals surface area contributed by atoms with Crippen molar-refractivity contribution in [3.63, 3.8) is 0 Å². The van der Waals surface area contributed by atoms with Crippen molar-refractivity contribution in [1.29, 1.82) is 0 Å². The minimum absolute atomic E-state index is 0.00545. The van der Waals surface area contributed by atoms with E-state index in [-0.39, 0.29) is 11.7 Å². The second-order valence-electron chi connectivity index (χ2n) is 7.67. The Bertz CT molecular complexity index is 1100. The zero-order valence-corrected chi connectivity index (χ0v) is 17.6. The smallest absolute Gasteiger partial charge is 0.250 e. The first-order chi connectivity index (χ1) is 15.1. The van der Waals surface area contributed by atoms with Crippen LogP contribution in [0.4, 0.5) is 5.69 Å². The molecule has 1 amide bonds. The van der Waals surface area contributed by atoms with Gasteiger partial charge in [0.2, 0.25) is 0 Å². The van der Waals surface area contributed by atoms with E-state index in [4.69, 9.17) is 4.74 Å². The second-order valence-corrected chi connectivity index (χ2v) is 7.67. The lowest BCUT2D eigenvalue weighted by Crippen LogP contribution is -2.34. The van der Waals surface area contributed by atoms with Crippen LogP contribution in [-0.2, 0) is 17.8 Å². The molecular formula is C27H25NO3. The maximum Gasteiger partial charge on any atom is 0.250 e. The highest BCUT2D eigenvalue weighted by Crippen LogP contribution is 2.29. The van der Waals surface area contributed by atoms with Gasteiger partial charge < -0.3 is 9.64 Å². The first-order valence-electron chi connectivity index (χ1n) is 10.5. The fourth-order valence-corrected chi connectivity index (χ4v) is 3.70. The zero-order chi connectivity index (χ0) is 21.6. The number of ketones is 1. The van der Waals surface area contributed by atoms with Gasteiger partial charge in [-0.25, -0.2) is 0 Å². The number of rotatable bonds is 6. The predicted molar refractivity (Wildman–Crippen MR) is 123 cm³/mol. The lowest BCUT2D eigenvalue weighted by Gasteiger charge is -2.29. The van der Waals surface area contributed by atoms with E-state index in [0.29, 0.717) is 18.7 Å². The van der Waals surface area contributed by atoms with Gasteiger partial charge in [-0.15, -0.1) is 0 Å². The molecule has 0 unspecified atom stereocenters. The highest BCUT2D eigenvalue weighted by atomic mass is 16.5. The maximum absolute atomic E-state index is 12.9. The highest BCUT2D eigenvalue weighted by Gasteiger charge is 2.21. The molecule has 0 radical (unpaired) electrons. The number of carbonyl (C=O) groups excluding carboxylic acids is 2. The number of anilines is 1. The molecule has 0 aliphatic carbocycles. The molecule has 0 spiro atoms. The SMILES string of the molecule is CC(=O)c1ccc2c(c1)N(C(=O)/C=C/c1ccc(OCc3ccccc3)cc1)CCC2. The first kappa shape index (κ1) is 20.6. The molecule has 31 heavy (non-hydrogen) atoms. The van der Waals surface area contributed by atoms with E-state index in [2.05, 4.69) is 0 Å². The van der Waals surface area contributed by atoms with Crippen LogP contribution in [0.25, 0.3) is 6.08 Å². The molecule has 0 N–H and O–H groups in total. The number of amides is 1. The van der Waals surface area contributed by atoms with Crippen LogP contribution in [0.3, 0.4) is 0 Å². The van der Waals surface area contributed by atoms with Gasteiger partial charge in [-0.05, 0) is 60.7 Å². The van der Waals surface area contributed by atoms with E-state index in [0.717, 1.165) is 41.0 Å². The Morgan fingerprint density at radius 3 is 2.52 bits per heavy atom. The average Bonchev–Trinajstić information content (AvgIpc) is 2.81. The van der Waals surface area contributed by atoms with Gasteiger partial charge in [-0.1, -0.05) is 54.6 Å². The Morgan fingerprint density at radius 2 is 1.77 bits per heavy atom. The second kappa shape index (κ2) is 9.43. The third-order valence-corrected chi connectivity index (χ3v) is 5.42. The van der Waals surface area contributed by atoms with Crippen LogP contribution in [0, 0.1) is 0 Å². The normalized spacial score (nSPS) is 13.1. The molecular weight excluding hydrogens is 386 g/mol. The van der Waals surface area contributed by atoms with Crippen molar-refractivity contribution in [2.24, 2.45) is 0 Å². The van der Waals surface area contributed by atoms with Crippen LogP contribution in [0.15, 0.2) is 78.9 Å². The van der Waals surface area contributed by atoms with E-state index in [1.54, 1.807) is 17.9 Å². The van der Waals surface area contributed by atoms with Gasteiger partial charge in [0.25, 0.3) is 5.91 Å². The Kier molecular flexibility index (Phi) is 6.27. The topological polar surface area (TPSA) is 46.6 Å². The van der Waals surface area contributed by atoms with Gasteiger partial charge >= 0.3 is 0 Å². The standard InChI is InChI=1S/C27H25NO3/c1-20(29)24-13-12-23-8-5-17-28(26(23)18-24)27(30)16-11-21-9-14-25(15-10-21)31-19-22-6-3-2-4-7-22/h2-4,6-7,9-16,18H,5,8,17,19H2,1H3/b16-11+. The quantitative estimate of drug-likeness (QED) is 0.400. The van der Waals surface area contributed by atoms with E-state index in [1.807, 2.05) is 78.9 Å². The zero-order valence-electron chi connectivity index (χ0n) is 17.6. The molecule has 0 bridgehead atoms. The number of fused-ring (bicyclic) bond motifs is 1. The number of Topliss-reactive ketones (excluding diaryl/α,β-unsaturated/α-hetero) is 1. The van der Waals surface area contributed by atoms with E-state index in [9.17, 15) is 9.59 Å². The molecule has 0 saturated carbocycles. The third-order valence-electron chi connectivity index (χ3n) is 5.42. The molecule has 4 heteroatoms. The van der Waals surface area contributed by atoms with Gasteiger partial charge in [0.05, 0.1) is 0 Å². The molecule has 1 heterocycles. The van der Waals surface area contributed by atoms with Gasteiger partial charge in [0.15, 0.2) is 5.78 Å². The summed E-state index contributed by atoms with van der Waals surface area (Å²) in [4.78, 5) is 26.4. The molecule has 0 fully saturated rings. The molecule has 0 saturated heterocycles. The number of hydrogen-bond donors (Lipinski definition) is 0. The van der Waals surface area contributed by atoms with Crippen LogP contribution < -0.4 is 9.64 Å². The molecule has 1 aliphatic heterocycles. The highest BCUT2D eigenvalue weighted by molar-refractivity contribution is 6.05. The van der Waals surface area contributed by atoms with Crippen molar-refractivity contribution >= 4 is 23.5 Å². The predicted octanol–water partition coefficient (Wildman–Crippen LogP) is 5.46. The minimum Gasteiger partial charge on any atom is -0.489 e. The number of hydrogen-bond acceptors (Lipinski definition) is 3. The van der Waals surface area contributed by atoms with Crippen LogP contribution in [0.1, 0.15) is 40.4 Å². The van der Waals surface area contributed by atoms with Gasteiger partial charge in [-0.3, -0.25) is 9.59 Å². The fraction of sp³-hybridized carbons (Fsp3) is 0.185. The van der Waals surface area contributed by atoms with Gasteiger partial charge in [-0.2, -0.15) is 0 Å². The summed E-state index contributed by atoms with van der Waals surface area (Å²) in [7, 11) is 0. The Morgan fingerprint density at radius 1 is 1.00 bits per heavy atom. The van der Waals surface area contributed by atoms with Crippen molar-refractivity contribution in [2.75, 3.05) is 11.4 Å². The summed E-state index contributed by atoms with van der Waals surface area (Å²) in [6.45, 7) is 2.72. The van der Waals surface area contributed by atoms with Gasteiger partial charge in [0, 0.05) is 23.9 Å². The molecule has 0 aromatic heterocycles. The average molecular weight is 412 g/mol. The first-order valence-corrected chi connectivity index (χ1v) is 10.5. The summed E-state index contributed by atoms with van der Waals surface area (Å²) < 4.78 is 5.81.